The van der Waals surface area contributed by atoms with E-state index < -0.39 is 0 Å². The zero-order chi connectivity index (χ0) is 16.7. The quantitative estimate of drug-likeness (QED) is 0.560. The number of carbonyl (C=O) groups excluding carboxylic acids is 1. The molecule has 2 rings (SSSR count). The van der Waals surface area contributed by atoms with Gasteiger partial charge in [-0.3, -0.25) is 15.6 Å². The topological polar surface area (TPSA) is 80.2 Å². The molecule has 0 aliphatic heterocycles. The average molecular weight is 333 g/mol. The van der Waals surface area contributed by atoms with Gasteiger partial charge in [0.25, 0.3) is 5.91 Å². The van der Waals surface area contributed by atoms with Crippen LogP contribution >= 0.6 is 12.2 Å². The summed E-state index contributed by atoms with van der Waals surface area (Å²) in [5.41, 5.74) is 6.48. The second-order valence-electron chi connectivity index (χ2n) is 4.92. The molecular weight excluding hydrogens is 314 g/mol. The standard InChI is InChI=1S/C15H19N5O2S/c1-11(10-22-2)17-15(23)19-18-14(21)12-8-16-20(9-12)13-6-4-3-5-7-13/h3-9,11H,10H2,1-2H3,(H,18,21)(H2,17,19,23)/t11-/m0/s1. The van der Waals surface area contributed by atoms with E-state index in [1.165, 1.54) is 6.20 Å². The molecule has 1 heterocycles. The van der Waals surface area contributed by atoms with Gasteiger partial charge in [-0.05, 0) is 31.3 Å². The van der Waals surface area contributed by atoms with Crippen LogP contribution in [0.2, 0.25) is 0 Å². The maximum atomic E-state index is 12.1. The monoisotopic (exact) mass is 333 g/mol. The van der Waals surface area contributed by atoms with Crippen molar-refractivity contribution in [2.75, 3.05) is 13.7 Å². The fourth-order valence-corrected chi connectivity index (χ4v) is 2.15. The number of carbonyl (C=O) groups is 1. The summed E-state index contributed by atoms with van der Waals surface area (Å²) < 4.78 is 6.63. The summed E-state index contributed by atoms with van der Waals surface area (Å²) in [6, 6.07) is 9.58. The van der Waals surface area contributed by atoms with Crippen LogP contribution in [-0.4, -0.2) is 40.6 Å². The molecule has 1 amide bonds. The summed E-state index contributed by atoms with van der Waals surface area (Å²) in [6.45, 7) is 2.43. The number of rotatable bonds is 5. The normalized spacial score (nSPS) is 11.6. The minimum atomic E-state index is -0.323. The lowest BCUT2D eigenvalue weighted by molar-refractivity contribution is 0.0943. The van der Waals surface area contributed by atoms with Gasteiger partial charge in [-0.25, -0.2) is 4.68 Å². The Morgan fingerprint density at radius 1 is 1.35 bits per heavy atom. The highest BCUT2D eigenvalue weighted by molar-refractivity contribution is 7.80. The SMILES string of the molecule is COC[C@H](C)NC(=S)NNC(=O)c1cnn(-c2ccccc2)c1. The fourth-order valence-electron chi connectivity index (χ4n) is 1.90. The first-order chi connectivity index (χ1) is 11.1. The number of hydrogen-bond donors (Lipinski definition) is 3. The molecule has 0 unspecified atom stereocenters. The Morgan fingerprint density at radius 3 is 2.78 bits per heavy atom. The van der Waals surface area contributed by atoms with Crippen molar-refractivity contribution in [1.29, 1.82) is 0 Å². The second-order valence-corrected chi connectivity index (χ2v) is 5.33. The average Bonchev–Trinajstić information content (AvgIpc) is 3.03. The van der Waals surface area contributed by atoms with E-state index in [1.807, 2.05) is 37.3 Å². The van der Waals surface area contributed by atoms with Gasteiger partial charge in [-0.1, -0.05) is 18.2 Å². The number of nitrogens with zero attached hydrogens (tertiary/aromatic N) is 2. The number of methoxy groups -OCH3 is 1. The summed E-state index contributed by atoms with van der Waals surface area (Å²) in [6.07, 6.45) is 3.14. The Kier molecular flexibility index (Phi) is 6.07. The van der Waals surface area contributed by atoms with E-state index in [0.717, 1.165) is 5.69 Å². The number of para-hydroxylation sites is 1. The molecule has 1 atom stereocenters. The Bertz CT molecular complexity index is 659. The molecule has 8 heteroatoms. The smallest absolute Gasteiger partial charge is 0.272 e. The van der Waals surface area contributed by atoms with Gasteiger partial charge in [0.05, 0.1) is 24.1 Å². The molecule has 0 bridgehead atoms. The minimum Gasteiger partial charge on any atom is -0.383 e. The van der Waals surface area contributed by atoms with Crippen molar-refractivity contribution in [3.63, 3.8) is 0 Å². The van der Waals surface area contributed by atoms with Gasteiger partial charge in [-0.2, -0.15) is 5.10 Å². The van der Waals surface area contributed by atoms with Gasteiger partial charge in [0, 0.05) is 19.3 Å². The summed E-state index contributed by atoms with van der Waals surface area (Å²) in [5.74, 6) is -0.323. The van der Waals surface area contributed by atoms with Crippen LogP contribution in [0.1, 0.15) is 17.3 Å². The van der Waals surface area contributed by atoms with Crippen LogP contribution in [0.25, 0.3) is 5.69 Å². The van der Waals surface area contributed by atoms with E-state index in [0.29, 0.717) is 17.3 Å². The first kappa shape index (κ1) is 16.9. The van der Waals surface area contributed by atoms with Crippen molar-refractivity contribution in [3.05, 3.63) is 48.3 Å². The molecule has 7 nitrogen and oxygen atoms in total. The predicted molar refractivity (Wildman–Crippen MR) is 91.2 cm³/mol. The molecule has 0 spiro atoms. The van der Waals surface area contributed by atoms with E-state index in [9.17, 15) is 4.79 Å². The number of hydrazine groups is 1. The van der Waals surface area contributed by atoms with E-state index in [4.69, 9.17) is 17.0 Å². The number of amides is 1. The number of ether oxygens (including phenoxy) is 1. The Morgan fingerprint density at radius 2 is 2.09 bits per heavy atom. The number of thiocarbonyl (C=S) groups is 1. The molecule has 0 aliphatic carbocycles. The highest BCUT2D eigenvalue weighted by Gasteiger charge is 2.10. The third-order valence-electron chi connectivity index (χ3n) is 2.95. The van der Waals surface area contributed by atoms with Crippen LogP contribution in [0.4, 0.5) is 0 Å². The third-order valence-corrected chi connectivity index (χ3v) is 3.17. The zero-order valence-corrected chi connectivity index (χ0v) is 13.8. The maximum Gasteiger partial charge on any atom is 0.272 e. The van der Waals surface area contributed by atoms with E-state index >= 15 is 0 Å². The number of nitrogens with one attached hydrogen (secondary N) is 3. The molecule has 122 valence electrons. The van der Waals surface area contributed by atoms with Gasteiger partial charge in [0.1, 0.15) is 0 Å². The lowest BCUT2D eigenvalue weighted by atomic mass is 10.3. The minimum absolute atomic E-state index is 0.0396. The van der Waals surface area contributed by atoms with Crippen molar-refractivity contribution in [2.24, 2.45) is 0 Å². The molecule has 23 heavy (non-hydrogen) atoms. The molecular formula is C15H19N5O2S. The van der Waals surface area contributed by atoms with Crippen LogP contribution in [0.5, 0.6) is 0 Å². The largest absolute Gasteiger partial charge is 0.383 e. The van der Waals surface area contributed by atoms with E-state index in [1.54, 1.807) is 18.0 Å². The Labute approximate surface area is 140 Å². The van der Waals surface area contributed by atoms with E-state index in [2.05, 4.69) is 21.3 Å². The van der Waals surface area contributed by atoms with E-state index in [-0.39, 0.29) is 11.9 Å². The number of aromatic nitrogens is 2. The van der Waals surface area contributed by atoms with Crippen LogP contribution in [-0.2, 0) is 4.74 Å². The lowest BCUT2D eigenvalue weighted by Crippen LogP contribution is -2.49. The van der Waals surface area contributed by atoms with Gasteiger partial charge < -0.3 is 10.1 Å². The van der Waals surface area contributed by atoms with Gasteiger partial charge in [0.15, 0.2) is 5.11 Å². The number of benzene rings is 1. The maximum absolute atomic E-state index is 12.1. The molecule has 0 saturated heterocycles. The lowest BCUT2D eigenvalue weighted by Gasteiger charge is -2.16. The molecule has 1 aromatic carbocycles. The summed E-state index contributed by atoms with van der Waals surface area (Å²) in [5, 5.41) is 7.47. The molecule has 0 radical (unpaired) electrons. The highest BCUT2D eigenvalue weighted by Crippen LogP contribution is 2.07. The van der Waals surface area contributed by atoms with Crippen LogP contribution < -0.4 is 16.2 Å². The van der Waals surface area contributed by atoms with Crippen LogP contribution in [0, 0.1) is 0 Å². The Hall–Kier alpha value is -2.45. The summed E-state index contributed by atoms with van der Waals surface area (Å²) >= 11 is 5.08. The highest BCUT2D eigenvalue weighted by atomic mass is 32.1. The van der Waals surface area contributed by atoms with Crippen LogP contribution in [0.15, 0.2) is 42.7 Å². The van der Waals surface area contributed by atoms with Gasteiger partial charge in [-0.15, -0.1) is 0 Å². The predicted octanol–water partition coefficient (Wildman–Crippen LogP) is 1.02. The van der Waals surface area contributed by atoms with Crippen molar-refractivity contribution < 1.29 is 9.53 Å². The van der Waals surface area contributed by atoms with Crippen LogP contribution in [0.3, 0.4) is 0 Å². The first-order valence-corrected chi connectivity index (χ1v) is 7.47. The number of hydrogen-bond acceptors (Lipinski definition) is 4. The molecule has 1 aromatic heterocycles. The molecule has 0 aliphatic rings. The molecule has 0 saturated carbocycles. The third kappa shape index (κ3) is 5.04. The van der Waals surface area contributed by atoms with Crippen molar-refractivity contribution in [2.45, 2.75) is 13.0 Å². The van der Waals surface area contributed by atoms with Crippen molar-refractivity contribution in [3.8, 4) is 5.69 Å². The molecule has 2 aromatic rings. The first-order valence-electron chi connectivity index (χ1n) is 7.06. The van der Waals surface area contributed by atoms with Gasteiger partial charge >= 0.3 is 0 Å². The van der Waals surface area contributed by atoms with Crippen molar-refractivity contribution in [1.82, 2.24) is 25.9 Å². The zero-order valence-electron chi connectivity index (χ0n) is 12.9. The molecule has 0 fully saturated rings. The van der Waals surface area contributed by atoms with Gasteiger partial charge in [0.2, 0.25) is 0 Å². The van der Waals surface area contributed by atoms with Crippen molar-refractivity contribution >= 4 is 23.2 Å². The second kappa shape index (κ2) is 8.25. The fraction of sp³-hybridized carbons (Fsp3) is 0.267. The summed E-state index contributed by atoms with van der Waals surface area (Å²) in [4.78, 5) is 12.1. The molecule has 3 N–H and O–H groups in total. The Balaban J connectivity index is 1.87. The summed E-state index contributed by atoms with van der Waals surface area (Å²) in [7, 11) is 1.61.